The zero-order valence-corrected chi connectivity index (χ0v) is 13.3. The zero-order chi connectivity index (χ0) is 16.4. The molecule has 2 aromatic rings. The molecule has 1 aliphatic heterocycles. The summed E-state index contributed by atoms with van der Waals surface area (Å²) in [4.78, 5) is 29.1. The molecule has 0 amide bonds. The maximum atomic E-state index is 12.4. The van der Waals surface area contributed by atoms with Gasteiger partial charge in [0.05, 0.1) is 30.0 Å². The first kappa shape index (κ1) is 15.4. The summed E-state index contributed by atoms with van der Waals surface area (Å²) in [6, 6.07) is 12.2. The van der Waals surface area contributed by atoms with E-state index < -0.39 is 5.97 Å². The number of Topliss-reactive ketones (excluding diaryl/α,β-unsaturated/α-hetero) is 1. The third kappa shape index (κ3) is 2.90. The Hall–Kier alpha value is -2.46. The van der Waals surface area contributed by atoms with Crippen molar-refractivity contribution >= 4 is 34.8 Å². The number of nitrogens with zero attached hydrogens (tertiary/aromatic N) is 1. The summed E-state index contributed by atoms with van der Waals surface area (Å²) in [5, 5.41) is 0.524. The third-order valence-electron chi connectivity index (χ3n) is 3.59. The van der Waals surface area contributed by atoms with Crippen molar-refractivity contribution in [3.8, 4) is 0 Å². The number of esters is 1. The second-order valence-corrected chi connectivity index (χ2v) is 5.47. The number of para-hydroxylation sites is 1. The number of hydrogen-bond acceptors (Lipinski definition) is 4. The molecule has 4 nitrogen and oxygen atoms in total. The fourth-order valence-corrected chi connectivity index (χ4v) is 2.78. The van der Waals surface area contributed by atoms with E-state index in [1.807, 2.05) is 18.2 Å². The summed E-state index contributed by atoms with van der Waals surface area (Å²) >= 11 is 6.20. The van der Waals surface area contributed by atoms with Gasteiger partial charge in [-0.25, -0.2) is 4.79 Å². The van der Waals surface area contributed by atoms with Crippen molar-refractivity contribution in [3.05, 3.63) is 64.2 Å². The van der Waals surface area contributed by atoms with E-state index in [0.717, 1.165) is 0 Å². The van der Waals surface area contributed by atoms with Crippen molar-refractivity contribution in [1.29, 1.82) is 0 Å². The first-order valence-corrected chi connectivity index (χ1v) is 7.65. The lowest BCUT2D eigenvalue weighted by Crippen LogP contribution is -2.17. The van der Waals surface area contributed by atoms with Crippen LogP contribution in [0.3, 0.4) is 0 Å². The number of hydrogen-bond donors (Lipinski definition) is 0. The average molecular weight is 328 g/mol. The van der Waals surface area contributed by atoms with E-state index in [9.17, 15) is 9.59 Å². The maximum Gasteiger partial charge on any atom is 0.340 e. The Morgan fingerprint density at radius 3 is 2.65 bits per heavy atom. The highest BCUT2D eigenvalue weighted by molar-refractivity contribution is 6.35. The van der Waals surface area contributed by atoms with Gasteiger partial charge >= 0.3 is 5.97 Å². The molecule has 0 radical (unpaired) electrons. The predicted molar refractivity (Wildman–Crippen MR) is 89.0 cm³/mol. The Labute approximate surface area is 138 Å². The second-order valence-electron chi connectivity index (χ2n) is 5.06. The predicted octanol–water partition coefficient (Wildman–Crippen LogP) is 4.22. The molecule has 0 saturated carbocycles. The molecule has 1 heterocycles. The Morgan fingerprint density at radius 2 is 1.91 bits per heavy atom. The van der Waals surface area contributed by atoms with Gasteiger partial charge in [-0.2, -0.15) is 0 Å². The zero-order valence-electron chi connectivity index (χ0n) is 12.5. The molecule has 1 aliphatic rings. The molecule has 0 fully saturated rings. The van der Waals surface area contributed by atoms with Gasteiger partial charge in [0.25, 0.3) is 0 Å². The lowest BCUT2D eigenvalue weighted by atomic mass is 9.94. The molecular weight excluding hydrogens is 314 g/mol. The van der Waals surface area contributed by atoms with Gasteiger partial charge in [-0.15, -0.1) is 0 Å². The van der Waals surface area contributed by atoms with E-state index in [0.29, 0.717) is 33.1 Å². The van der Waals surface area contributed by atoms with Gasteiger partial charge in [0.1, 0.15) is 0 Å². The van der Waals surface area contributed by atoms with Crippen molar-refractivity contribution in [1.82, 2.24) is 0 Å². The number of halogens is 1. The van der Waals surface area contributed by atoms with Gasteiger partial charge < -0.3 is 4.74 Å². The largest absolute Gasteiger partial charge is 0.462 e. The number of benzene rings is 2. The van der Waals surface area contributed by atoms with Crippen LogP contribution < -0.4 is 0 Å². The lowest BCUT2D eigenvalue weighted by molar-refractivity contribution is 0.0527. The summed E-state index contributed by atoms with van der Waals surface area (Å²) in [6.45, 7) is 1.99. The molecule has 0 bridgehead atoms. The number of carbonyl (C=O) groups is 2. The van der Waals surface area contributed by atoms with E-state index in [1.54, 1.807) is 31.2 Å². The smallest absolute Gasteiger partial charge is 0.340 e. The molecule has 0 spiro atoms. The highest BCUT2D eigenvalue weighted by atomic mass is 35.5. The average Bonchev–Trinajstić information content (AvgIpc) is 2.55. The lowest BCUT2D eigenvalue weighted by Gasteiger charge is -2.17. The van der Waals surface area contributed by atoms with Crippen LogP contribution in [0.1, 0.15) is 39.6 Å². The van der Waals surface area contributed by atoms with Gasteiger partial charge in [-0.05, 0) is 25.1 Å². The molecule has 2 aromatic carbocycles. The quantitative estimate of drug-likeness (QED) is 0.793. The van der Waals surface area contributed by atoms with Crippen LogP contribution in [0.25, 0.3) is 0 Å². The number of fused-ring (bicyclic) bond motifs is 1. The molecule has 0 unspecified atom stereocenters. The molecule has 0 N–H and O–H groups in total. The Morgan fingerprint density at radius 1 is 1.17 bits per heavy atom. The SMILES string of the molecule is CCOC(=O)c1cccc2c1N=C(c1ccccc1Cl)CC2=O. The van der Waals surface area contributed by atoms with E-state index in [1.165, 1.54) is 0 Å². The minimum Gasteiger partial charge on any atom is -0.462 e. The summed E-state index contributed by atoms with van der Waals surface area (Å²) < 4.78 is 5.05. The molecule has 0 atom stereocenters. The molecule has 5 heteroatoms. The van der Waals surface area contributed by atoms with Crippen LogP contribution in [-0.4, -0.2) is 24.1 Å². The molecule has 116 valence electrons. The second kappa shape index (κ2) is 6.34. The minimum atomic E-state index is -0.485. The summed E-state index contributed by atoms with van der Waals surface area (Å²) in [6.07, 6.45) is 0.156. The number of carbonyl (C=O) groups excluding carboxylic acids is 2. The van der Waals surface area contributed by atoms with Crippen molar-refractivity contribution in [2.24, 2.45) is 4.99 Å². The highest BCUT2D eigenvalue weighted by Crippen LogP contribution is 2.33. The number of rotatable bonds is 3. The van der Waals surface area contributed by atoms with Crippen LogP contribution in [-0.2, 0) is 4.74 Å². The van der Waals surface area contributed by atoms with Gasteiger partial charge in [0.2, 0.25) is 0 Å². The minimum absolute atomic E-state index is 0.0870. The van der Waals surface area contributed by atoms with Crippen molar-refractivity contribution < 1.29 is 14.3 Å². The van der Waals surface area contributed by atoms with E-state index in [4.69, 9.17) is 16.3 Å². The molecule has 0 saturated heterocycles. The van der Waals surface area contributed by atoms with Crippen LogP contribution >= 0.6 is 11.6 Å². The van der Waals surface area contributed by atoms with E-state index in [2.05, 4.69) is 4.99 Å². The topological polar surface area (TPSA) is 55.7 Å². The monoisotopic (exact) mass is 327 g/mol. The molecule has 23 heavy (non-hydrogen) atoms. The van der Waals surface area contributed by atoms with Gasteiger partial charge in [-0.1, -0.05) is 35.9 Å². The number of aliphatic imine (C=N–C) groups is 1. The van der Waals surface area contributed by atoms with Crippen LogP contribution in [0.2, 0.25) is 5.02 Å². The molecular formula is C18H14ClNO3. The first-order chi connectivity index (χ1) is 11.1. The fraction of sp³-hybridized carbons (Fsp3) is 0.167. The third-order valence-corrected chi connectivity index (χ3v) is 3.92. The fourth-order valence-electron chi connectivity index (χ4n) is 2.54. The molecule has 3 rings (SSSR count). The normalized spacial score (nSPS) is 13.3. The Kier molecular flexibility index (Phi) is 4.26. The van der Waals surface area contributed by atoms with Crippen LogP contribution in [0.5, 0.6) is 0 Å². The molecule has 0 aliphatic carbocycles. The standard InChI is InChI=1S/C18H14ClNO3/c1-2-23-18(22)13-8-5-7-12-16(21)10-15(20-17(12)13)11-6-3-4-9-14(11)19/h3-9H,2,10H2,1H3. The Bertz CT molecular complexity index is 827. The van der Waals surface area contributed by atoms with E-state index >= 15 is 0 Å². The summed E-state index contributed by atoms with van der Waals surface area (Å²) in [5.74, 6) is -0.572. The molecule has 0 aromatic heterocycles. The van der Waals surface area contributed by atoms with Crippen molar-refractivity contribution in [2.45, 2.75) is 13.3 Å². The van der Waals surface area contributed by atoms with Crippen molar-refractivity contribution in [3.63, 3.8) is 0 Å². The number of ether oxygens (including phenoxy) is 1. The Balaban J connectivity index is 2.15. The summed E-state index contributed by atoms with van der Waals surface area (Å²) in [7, 11) is 0. The van der Waals surface area contributed by atoms with Gasteiger partial charge in [-0.3, -0.25) is 9.79 Å². The van der Waals surface area contributed by atoms with Crippen LogP contribution in [0.15, 0.2) is 47.5 Å². The number of ketones is 1. The van der Waals surface area contributed by atoms with Crippen LogP contribution in [0, 0.1) is 0 Å². The summed E-state index contributed by atoms with van der Waals surface area (Å²) in [5.41, 5.74) is 2.35. The van der Waals surface area contributed by atoms with Gasteiger partial charge in [0.15, 0.2) is 5.78 Å². The highest BCUT2D eigenvalue weighted by Gasteiger charge is 2.26. The van der Waals surface area contributed by atoms with Crippen molar-refractivity contribution in [2.75, 3.05) is 6.61 Å². The van der Waals surface area contributed by atoms with E-state index in [-0.39, 0.29) is 18.8 Å². The van der Waals surface area contributed by atoms with Crippen LogP contribution in [0.4, 0.5) is 5.69 Å². The van der Waals surface area contributed by atoms with Gasteiger partial charge in [0, 0.05) is 16.1 Å². The maximum absolute atomic E-state index is 12.4. The first-order valence-electron chi connectivity index (χ1n) is 7.27.